The van der Waals surface area contributed by atoms with Crippen LogP contribution in [-0.4, -0.2) is 17.7 Å². The van der Waals surface area contributed by atoms with E-state index in [2.05, 4.69) is 45.9 Å². The quantitative estimate of drug-likeness (QED) is 0.827. The van der Waals surface area contributed by atoms with Crippen LogP contribution in [0.5, 0.6) is 0 Å². The number of benzene rings is 2. The Morgan fingerprint density at radius 1 is 0.960 bits per heavy atom. The predicted molar refractivity (Wildman–Crippen MR) is 99.8 cm³/mol. The molecule has 1 aliphatic rings. The number of esters is 1. The minimum absolute atomic E-state index is 0.191. The summed E-state index contributed by atoms with van der Waals surface area (Å²) in [4.78, 5) is 12.1. The van der Waals surface area contributed by atoms with Crippen LogP contribution < -0.4 is 0 Å². The summed E-state index contributed by atoms with van der Waals surface area (Å²) in [7, 11) is 0. The van der Waals surface area contributed by atoms with Crippen LogP contribution in [0.2, 0.25) is 0 Å². The fourth-order valence-electron chi connectivity index (χ4n) is 3.90. The molecular weight excluding hydrogens is 312 g/mol. The van der Waals surface area contributed by atoms with E-state index in [1.165, 1.54) is 27.8 Å². The van der Waals surface area contributed by atoms with Crippen molar-refractivity contribution in [3.63, 3.8) is 0 Å². The van der Waals surface area contributed by atoms with Crippen LogP contribution in [-0.2, 0) is 9.53 Å². The van der Waals surface area contributed by atoms with Gasteiger partial charge in [-0.1, -0.05) is 24.3 Å². The Balaban J connectivity index is 2.24. The molecule has 2 atom stereocenters. The van der Waals surface area contributed by atoms with Gasteiger partial charge < -0.3 is 9.84 Å². The second-order valence-electron chi connectivity index (χ2n) is 7.00. The van der Waals surface area contributed by atoms with Gasteiger partial charge in [-0.05, 0) is 79.1 Å². The second-order valence-corrected chi connectivity index (χ2v) is 7.00. The maximum atomic E-state index is 12.1. The van der Waals surface area contributed by atoms with Gasteiger partial charge in [-0.3, -0.25) is 4.79 Å². The highest BCUT2D eigenvalue weighted by atomic mass is 16.5. The molecule has 3 rings (SSSR count). The zero-order valence-corrected chi connectivity index (χ0v) is 15.6. The second kappa shape index (κ2) is 6.64. The van der Waals surface area contributed by atoms with Gasteiger partial charge in [0.2, 0.25) is 0 Å². The van der Waals surface area contributed by atoms with Crippen molar-refractivity contribution in [3.05, 3.63) is 57.6 Å². The average molecular weight is 338 g/mol. The molecule has 0 bridgehead atoms. The van der Waals surface area contributed by atoms with E-state index in [0.29, 0.717) is 6.61 Å². The Morgan fingerprint density at radius 3 is 2.04 bits per heavy atom. The van der Waals surface area contributed by atoms with Gasteiger partial charge in [0.15, 0.2) is 0 Å². The Morgan fingerprint density at radius 2 is 1.48 bits per heavy atom. The minimum Gasteiger partial charge on any atom is -0.466 e. The normalized spacial score (nSPS) is 18.5. The lowest BCUT2D eigenvalue weighted by Crippen LogP contribution is -2.23. The van der Waals surface area contributed by atoms with Crippen molar-refractivity contribution in [1.82, 2.24) is 0 Å². The summed E-state index contributed by atoms with van der Waals surface area (Å²) in [6, 6.07) is 8.20. The number of aryl methyl sites for hydroxylation is 2. The molecule has 2 aromatic carbocycles. The third-order valence-electron chi connectivity index (χ3n) is 5.58. The fraction of sp³-hybridized carbons (Fsp3) is 0.409. The standard InChI is InChI=1S/C22H26O3/c1-6-25-19(23)11-18-16-9-7-12(2)14(4)20(16)21-15(5)13(3)8-10-17(21)22(18)24/h7-10,18,22,24H,6,11H2,1-5H3/t18-,22-/m0/s1. The maximum Gasteiger partial charge on any atom is 0.306 e. The summed E-state index contributed by atoms with van der Waals surface area (Å²) < 4.78 is 5.14. The molecule has 0 spiro atoms. The summed E-state index contributed by atoms with van der Waals surface area (Å²) in [6.45, 7) is 10.6. The largest absolute Gasteiger partial charge is 0.466 e. The van der Waals surface area contributed by atoms with Crippen LogP contribution in [0, 0.1) is 27.7 Å². The number of aliphatic hydroxyl groups is 1. The van der Waals surface area contributed by atoms with E-state index in [-0.39, 0.29) is 18.3 Å². The average Bonchev–Trinajstić information content (AvgIpc) is 2.57. The Labute approximate surface area is 149 Å². The van der Waals surface area contributed by atoms with Gasteiger partial charge >= 0.3 is 5.97 Å². The highest BCUT2D eigenvalue weighted by Gasteiger charge is 2.36. The van der Waals surface area contributed by atoms with Gasteiger partial charge in [0.05, 0.1) is 19.1 Å². The zero-order valence-electron chi connectivity index (χ0n) is 15.6. The third-order valence-corrected chi connectivity index (χ3v) is 5.58. The van der Waals surface area contributed by atoms with Crippen LogP contribution in [0.3, 0.4) is 0 Å². The fourth-order valence-corrected chi connectivity index (χ4v) is 3.90. The molecule has 0 amide bonds. The lowest BCUT2D eigenvalue weighted by atomic mass is 9.71. The van der Waals surface area contributed by atoms with Gasteiger partial charge in [-0.25, -0.2) is 0 Å². The van der Waals surface area contributed by atoms with E-state index < -0.39 is 6.10 Å². The van der Waals surface area contributed by atoms with Crippen molar-refractivity contribution in [1.29, 1.82) is 0 Å². The van der Waals surface area contributed by atoms with Crippen LogP contribution in [0.15, 0.2) is 24.3 Å². The van der Waals surface area contributed by atoms with Gasteiger partial charge in [-0.2, -0.15) is 0 Å². The molecule has 1 aliphatic carbocycles. The van der Waals surface area contributed by atoms with E-state index >= 15 is 0 Å². The van der Waals surface area contributed by atoms with Crippen LogP contribution in [0.25, 0.3) is 11.1 Å². The van der Waals surface area contributed by atoms with Crippen LogP contribution in [0.1, 0.15) is 58.7 Å². The first kappa shape index (κ1) is 17.7. The van der Waals surface area contributed by atoms with Crippen molar-refractivity contribution in [3.8, 4) is 11.1 Å². The summed E-state index contributed by atoms with van der Waals surface area (Å²) in [5.74, 6) is -0.536. The van der Waals surface area contributed by atoms with E-state index in [4.69, 9.17) is 4.74 Å². The Hall–Kier alpha value is -2.13. The number of carbonyl (C=O) groups is 1. The molecule has 0 radical (unpaired) electrons. The van der Waals surface area contributed by atoms with Crippen LogP contribution >= 0.6 is 0 Å². The summed E-state index contributed by atoms with van der Waals surface area (Å²) in [5.41, 5.74) is 9.11. The molecule has 0 unspecified atom stereocenters. The molecule has 2 aromatic rings. The molecule has 25 heavy (non-hydrogen) atoms. The predicted octanol–water partition coefficient (Wildman–Crippen LogP) is 4.67. The first-order valence-electron chi connectivity index (χ1n) is 8.91. The lowest BCUT2D eigenvalue weighted by molar-refractivity contribution is -0.144. The minimum atomic E-state index is -0.701. The van der Waals surface area contributed by atoms with Gasteiger partial charge in [0, 0.05) is 5.92 Å². The molecule has 132 valence electrons. The molecule has 3 nitrogen and oxygen atoms in total. The topological polar surface area (TPSA) is 46.5 Å². The maximum absolute atomic E-state index is 12.1. The van der Waals surface area contributed by atoms with E-state index in [1.54, 1.807) is 6.92 Å². The monoisotopic (exact) mass is 338 g/mol. The van der Waals surface area contributed by atoms with Crippen molar-refractivity contribution >= 4 is 5.97 Å². The number of hydrogen-bond acceptors (Lipinski definition) is 3. The smallest absolute Gasteiger partial charge is 0.306 e. The lowest BCUT2D eigenvalue weighted by Gasteiger charge is -2.35. The molecule has 1 N–H and O–H groups in total. The highest BCUT2D eigenvalue weighted by molar-refractivity contribution is 5.83. The molecule has 0 saturated carbocycles. The number of fused-ring (bicyclic) bond motifs is 3. The molecule has 0 aromatic heterocycles. The first-order valence-corrected chi connectivity index (χ1v) is 8.91. The molecule has 0 saturated heterocycles. The number of ether oxygens (including phenoxy) is 1. The van der Waals surface area contributed by atoms with E-state index in [0.717, 1.165) is 16.7 Å². The highest BCUT2D eigenvalue weighted by Crippen LogP contribution is 2.50. The van der Waals surface area contributed by atoms with Crippen molar-refractivity contribution in [2.45, 2.75) is 53.1 Å². The SMILES string of the molecule is CCOC(=O)C[C@H]1c2ccc(C)c(C)c2-c2c(ccc(C)c2C)[C@@H]1O. The number of hydrogen-bond donors (Lipinski definition) is 1. The van der Waals surface area contributed by atoms with Crippen molar-refractivity contribution in [2.75, 3.05) is 6.61 Å². The molecule has 0 aliphatic heterocycles. The van der Waals surface area contributed by atoms with Crippen molar-refractivity contribution < 1.29 is 14.6 Å². The number of rotatable bonds is 3. The van der Waals surface area contributed by atoms with Crippen molar-refractivity contribution in [2.24, 2.45) is 0 Å². The number of aliphatic hydroxyl groups excluding tert-OH is 1. The molecular formula is C22H26O3. The summed E-state index contributed by atoms with van der Waals surface area (Å²) in [5, 5.41) is 11.1. The van der Waals surface area contributed by atoms with E-state index in [9.17, 15) is 9.90 Å². The first-order chi connectivity index (χ1) is 11.9. The van der Waals surface area contributed by atoms with Gasteiger partial charge in [0.25, 0.3) is 0 Å². The Kier molecular flexibility index (Phi) is 4.70. The van der Waals surface area contributed by atoms with Crippen LogP contribution in [0.4, 0.5) is 0 Å². The molecule has 0 heterocycles. The third kappa shape index (κ3) is 2.87. The summed E-state index contributed by atoms with van der Waals surface area (Å²) in [6.07, 6.45) is -0.509. The number of carbonyl (C=O) groups excluding carboxylic acids is 1. The van der Waals surface area contributed by atoms with E-state index in [1.807, 2.05) is 6.07 Å². The Bertz CT molecular complexity index is 836. The zero-order chi connectivity index (χ0) is 18.3. The molecule has 0 fully saturated rings. The molecule has 3 heteroatoms. The summed E-state index contributed by atoms with van der Waals surface area (Å²) >= 11 is 0. The van der Waals surface area contributed by atoms with Gasteiger partial charge in [0.1, 0.15) is 0 Å². The van der Waals surface area contributed by atoms with Gasteiger partial charge in [-0.15, -0.1) is 0 Å².